The molecule has 0 radical (unpaired) electrons. The average Bonchev–Trinajstić information content (AvgIpc) is 2.35. The van der Waals surface area contributed by atoms with Gasteiger partial charge in [-0.15, -0.1) is 0 Å². The fraction of sp³-hybridized carbons (Fsp3) is 0.500. The zero-order chi connectivity index (χ0) is 13.4. The minimum Gasteiger partial charge on any atom is -0.460 e. The number of esters is 1. The van der Waals surface area contributed by atoms with E-state index in [1.807, 2.05) is 32.0 Å². The number of hydrogen-bond acceptors (Lipinski definition) is 4. The Morgan fingerprint density at radius 2 is 2.11 bits per heavy atom. The van der Waals surface area contributed by atoms with Crippen molar-refractivity contribution in [1.82, 2.24) is 0 Å². The third-order valence-electron chi connectivity index (χ3n) is 2.36. The lowest BCUT2D eigenvalue weighted by atomic mass is 10.1. The van der Waals surface area contributed by atoms with E-state index in [4.69, 9.17) is 15.2 Å². The Labute approximate surface area is 108 Å². The van der Waals surface area contributed by atoms with Gasteiger partial charge in [0, 0.05) is 0 Å². The van der Waals surface area contributed by atoms with Crippen LogP contribution in [0.1, 0.15) is 29.8 Å². The summed E-state index contributed by atoms with van der Waals surface area (Å²) in [6.45, 7) is 5.15. The highest BCUT2D eigenvalue weighted by molar-refractivity contribution is 5.89. The molecule has 0 aliphatic heterocycles. The summed E-state index contributed by atoms with van der Waals surface area (Å²) in [5.41, 5.74) is 7.09. The van der Waals surface area contributed by atoms with Crippen molar-refractivity contribution in [2.24, 2.45) is 5.73 Å². The van der Waals surface area contributed by atoms with Crippen molar-refractivity contribution in [3.8, 4) is 0 Å². The molecule has 4 nitrogen and oxygen atoms in total. The maximum absolute atomic E-state index is 11.7. The van der Waals surface area contributed by atoms with Crippen LogP contribution in [0, 0.1) is 0 Å². The number of nitrogens with two attached hydrogens (primary N) is 1. The first-order valence-corrected chi connectivity index (χ1v) is 6.21. The third-order valence-corrected chi connectivity index (χ3v) is 2.36. The zero-order valence-corrected chi connectivity index (χ0v) is 11.0. The van der Waals surface area contributed by atoms with Gasteiger partial charge < -0.3 is 15.2 Å². The van der Waals surface area contributed by atoms with E-state index >= 15 is 0 Å². The highest BCUT2D eigenvalue weighted by Crippen LogP contribution is 2.07. The van der Waals surface area contributed by atoms with Crippen LogP contribution in [0.4, 0.5) is 0 Å². The first-order valence-electron chi connectivity index (χ1n) is 6.21. The summed E-state index contributed by atoms with van der Waals surface area (Å²) in [6.07, 6.45) is 0.911. The van der Waals surface area contributed by atoms with E-state index in [2.05, 4.69) is 0 Å². The average molecular weight is 251 g/mol. The molecule has 1 rings (SSSR count). The van der Waals surface area contributed by atoms with Crippen LogP contribution >= 0.6 is 0 Å². The van der Waals surface area contributed by atoms with Crippen molar-refractivity contribution < 1.29 is 14.3 Å². The summed E-state index contributed by atoms with van der Waals surface area (Å²) in [7, 11) is 0. The minimum absolute atomic E-state index is 0.150. The Morgan fingerprint density at radius 3 is 2.78 bits per heavy atom. The molecular weight excluding hydrogens is 230 g/mol. The molecule has 0 aliphatic carbocycles. The molecule has 0 fully saturated rings. The van der Waals surface area contributed by atoms with Gasteiger partial charge in [0.15, 0.2) is 0 Å². The lowest BCUT2D eigenvalue weighted by molar-refractivity contribution is 0.0177. The van der Waals surface area contributed by atoms with E-state index in [9.17, 15) is 4.79 Å². The Balaban J connectivity index is 2.43. The Kier molecular flexibility index (Phi) is 6.39. The molecule has 100 valence electrons. The van der Waals surface area contributed by atoms with Crippen molar-refractivity contribution in [2.45, 2.75) is 26.4 Å². The van der Waals surface area contributed by atoms with Crippen LogP contribution in [0.5, 0.6) is 0 Å². The first-order chi connectivity index (χ1) is 8.63. The second kappa shape index (κ2) is 7.84. The molecule has 1 aromatic carbocycles. The van der Waals surface area contributed by atoms with Gasteiger partial charge in [0.25, 0.3) is 0 Å². The van der Waals surface area contributed by atoms with E-state index < -0.39 is 0 Å². The lowest BCUT2D eigenvalue weighted by Gasteiger charge is -2.08. The van der Waals surface area contributed by atoms with Gasteiger partial charge in [0.2, 0.25) is 0 Å². The molecule has 4 heteroatoms. The molecule has 0 bridgehead atoms. The zero-order valence-electron chi connectivity index (χ0n) is 11.0. The Hall–Kier alpha value is -1.39. The van der Waals surface area contributed by atoms with Gasteiger partial charge >= 0.3 is 5.97 Å². The van der Waals surface area contributed by atoms with Crippen molar-refractivity contribution >= 4 is 5.97 Å². The summed E-state index contributed by atoms with van der Waals surface area (Å²) in [6, 6.07) is 7.35. The number of carbonyl (C=O) groups excluding carboxylic acids is 1. The fourth-order valence-corrected chi connectivity index (χ4v) is 1.52. The Bertz CT molecular complexity index is 377. The number of hydrogen-bond donors (Lipinski definition) is 1. The minimum atomic E-state index is -0.318. The predicted molar refractivity (Wildman–Crippen MR) is 70.6 cm³/mol. The van der Waals surface area contributed by atoms with Gasteiger partial charge in [-0.1, -0.05) is 12.1 Å². The summed E-state index contributed by atoms with van der Waals surface area (Å²) in [4.78, 5) is 11.7. The quantitative estimate of drug-likeness (QED) is 0.592. The van der Waals surface area contributed by atoms with Crippen molar-refractivity contribution in [1.29, 1.82) is 0 Å². The van der Waals surface area contributed by atoms with Gasteiger partial charge in [-0.25, -0.2) is 4.79 Å². The van der Waals surface area contributed by atoms with Crippen LogP contribution in [0.2, 0.25) is 0 Å². The maximum Gasteiger partial charge on any atom is 0.338 e. The predicted octanol–water partition coefficient (Wildman–Crippen LogP) is 1.77. The molecule has 0 amide bonds. The van der Waals surface area contributed by atoms with Gasteiger partial charge in [-0.05, 0) is 44.5 Å². The maximum atomic E-state index is 11.7. The normalized spacial score (nSPS) is 10.7. The van der Waals surface area contributed by atoms with E-state index in [1.54, 1.807) is 6.07 Å². The number of rotatable bonds is 7. The number of ether oxygens (including phenoxy) is 2. The highest BCUT2D eigenvalue weighted by Gasteiger charge is 2.07. The molecule has 0 heterocycles. The van der Waals surface area contributed by atoms with E-state index in [0.29, 0.717) is 18.7 Å². The Morgan fingerprint density at radius 1 is 1.33 bits per heavy atom. The molecule has 0 aromatic heterocycles. The fourth-order valence-electron chi connectivity index (χ4n) is 1.52. The van der Waals surface area contributed by atoms with E-state index in [0.717, 1.165) is 12.0 Å². The molecule has 18 heavy (non-hydrogen) atoms. The molecule has 0 unspecified atom stereocenters. The lowest BCUT2D eigenvalue weighted by Crippen LogP contribution is -2.14. The number of carbonyl (C=O) groups is 1. The van der Waals surface area contributed by atoms with Crippen LogP contribution in [0.25, 0.3) is 0 Å². The largest absolute Gasteiger partial charge is 0.460 e. The standard InChI is InChI=1S/C14H21NO3/c1-11(2)17-8-9-18-14(16)13-5-3-4-12(10-13)6-7-15/h3-5,10-11H,6-9,15H2,1-2H3. The van der Waals surface area contributed by atoms with Crippen molar-refractivity contribution in [3.63, 3.8) is 0 Å². The van der Waals surface area contributed by atoms with Gasteiger partial charge in [-0.3, -0.25) is 0 Å². The summed E-state index contributed by atoms with van der Waals surface area (Å²) in [5.74, 6) is -0.318. The first kappa shape index (κ1) is 14.7. The molecule has 1 aromatic rings. The molecule has 0 saturated carbocycles. The highest BCUT2D eigenvalue weighted by atomic mass is 16.6. The van der Waals surface area contributed by atoms with Crippen molar-refractivity contribution in [3.05, 3.63) is 35.4 Å². The molecule has 0 atom stereocenters. The second-order valence-corrected chi connectivity index (χ2v) is 4.29. The van der Waals surface area contributed by atoms with Gasteiger partial charge in [0.05, 0.1) is 18.3 Å². The van der Waals surface area contributed by atoms with Crippen LogP contribution in [0.15, 0.2) is 24.3 Å². The van der Waals surface area contributed by atoms with Crippen molar-refractivity contribution in [2.75, 3.05) is 19.8 Å². The summed E-state index contributed by atoms with van der Waals surface area (Å²) < 4.78 is 10.4. The smallest absolute Gasteiger partial charge is 0.338 e. The number of benzene rings is 1. The molecule has 2 N–H and O–H groups in total. The van der Waals surface area contributed by atoms with Gasteiger partial charge in [0.1, 0.15) is 6.61 Å². The SMILES string of the molecule is CC(C)OCCOC(=O)c1cccc(CCN)c1. The molecule has 0 aliphatic rings. The second-order valence-electron chi connectivity index (χ2n) is 4.29. The molecular formula is C14H21NO3. The van der Waals surface area contributed by atoms with E-state index in [1.165, 1.54) is 0 Å². The van der Waals surface area contributed by atoms with Crippen LogP contribution < -0.4 is 5.73 Å². The van der Waals surface area contributed by atoms with Crippen LogP contribution in [-0.4, -0.2) is 31.8 Å². The molecule has 0 saturated heterocycles. The van der Waals surface area contributed by atoms with Gasteiger partial charge in [-0.2, -0.15) is 0 Å². The summed E-state index contributed by atoms with van der Waals surface area (Å²) >= 11 is 0. The summed E-state index contributed by atoms with van der Waals surface area (Å²) in [5, 5.41) is 0. The topological polar surface area (TPSA) is 61.5 Å². The monoisotopic (exact) mass is 251 g/mol. The molecule has 0 spiro atoms. The third kappa shape index (κ3) is 5.29. The van der Waals surface area contributed by atoms with Crippen LogP contribution in [-0.2, 0) is 15.9 Å². The van der Waals surface area contributed by atoms with Crippen LogP contribution in [0.3, 0.4) is 0 Å². The van der Waals surface area contributed by atoms with E-state index in [-0.39, 0.29) is 18.7 Å².